The van der Waals surface area contributed by atoms with Gasteiger partial charge in [-0.3, -0.25) is 0 Å². The quantitative estimate of drug-likeness (QED) is 0.849. The van der Waals surface area contributed by atoms with E-state index in [9.17, 15) is 9.18 Å². The van der Waals surface area contributed by atoms with Gasteiger partial charge in [0.1, 0.15) is 19.0 Å². The van der Waals surface area contributed by atoms with Crippen LogP contribution in [0.1, 0.15) is 19.3 Å². The van der Waals surface area contributed by atoms with Gasteiger partial charge in [0, 0.05) is 23.8 Å². The number of halogens is 1. The fourth-order valence-corrected chi connectivity index (χ4v) is 2.73. The van der Waals surface area contributed by atoms with Crippen molar-refractivity contribution in [1.29, 1.82) is 0 Å². The van der Waals surface area contributed by atoms with Gasteiger partial charge in [-0.25, -0.2) is 9.18 Å². The molecule has 1 aliphatic rings. The van der Waals surface area contributed by atoms with Crippen LogP contribution in [-0.4, -0.2) is 50.4 Å². The van der Waals surface area contributed by atoms with Crippen molar-refractivity contribution in [2.24, 2.45) is 0 Å². The molecule has 6 heteroatoms. The van der Waals surface area contributed by atoms with Crippen LogP contribution in [0.25, 0.3) is 0 Å². The van der Waals surface area contributed by atoms with Gasteiger partial charge < -0.3 is 20.3 Å². The lowest BCUT2D eigenvalue weighted by molar-refractivity contribution is 0.247. The van der Waals surface area contributed by atoms with Crippen LogP contribution >= 0.6 is 0 Å². The Balaban J connectivity index is 1.82. The lowest BCUT2D eigenvalue weighted by atomic mass is 10.2. The second-order valence-corrected chi connectivity index (χ2v) is 5.79. The molecule has 0 saturated heterocycles. The maximum atomic E-state index is 12.1. The number of urea groups is 1. The zero-order chi connectivity index (χ0) is 15.9. The molecular formula is C16H24FN3O2. The summed E-state index contributed by atoms with van der Waals surface area (Å²) in [7, 11) is 4.13. The van der Waals surface area contributed by atoms with E-state index < -0.39 is 6.67 Å². The van der Waals surface area contributed by atoms with Crippen molar-refractivity contribution in [2.45, 2.75) is 31.3 Å². The zero-order valence-corrected chi connectivity index (χ0v) is 13.1. The number of anilines is 1. The van der Waals surface area contributed by atoms with Gasteiger partial charge in [0.25, 0.3) is 0 Å². The molecule has 0 spiro atoms. The molecule has 0 radical (unpaired) electrons. The Morgan fingerprint density at radius 1 is 1.41 bits per heavy atom. The third kappa shape index (κ3) is 4.87. The molecule has 1 aromatic rings. The maximum absolute atomic E-state index is 12.1. The topological polar surface area (TPSA) is 53.6 Å². The Morgan fingerprint density at radius 3 is 2.91 bits per heavy atom. The standard InChI is InChI=1S/C16H24FN3O2/c1-20(2)14-7-6-13(10-14)19-16(21)18-12-4-3-5-15(11-12)22-9-8-17/h3-5,11,13-14H,6-10H2,1-2H3,(H2,18,19,21)/t13-,14-/m1/s1. The highest BCUT2D eigenvalue weighted by Crippen LogP contribution is 2.23. The van der Waals surface area contributed by atoms with Crippen LogP contribution in [0.5, 0.6) is 5.75 Å². The van der Waals surface area contributed by atoms with Crippen molar-refractivity contribution in [3.63, 3.8) is 0 Å². The summed E-state index contributed by atoms with van der Waals surface area (Å²) in [4.78, 5) is 14.2. The van der Waals surface area contributed by atoms with Crippen molar-refractivity contribution in [3.05, 3.63) is 24.3 Å². The van der Waals surface area contributed by atoms with Crippen LogP contribution in [0.3, 0.4) is 0 Å². The first-order valence-corrected chi connectivity index (χ1v) is 7.61. The molecule has 1 saturated carbocycles. The molecule has 0 unspecified atom stereocenters. The first kappa shape index (κ1) is 16.5. The Bertz CT molecular complexity index is 496. The smallest absolute Gasteiger partial charge is 0.319 e. The SMILES string of the molecule is CN(C)[C@@H]1CC[C@@H](NC(=O)Nc2cccc(OCCF)c2)C1. The summed E-state index contributed by atoms with van der Waals surface area (Å²) in [6, 6.07) is 7.48. The molecule has 122 valence electrons. The van der Waals surface area contributed by atoms with Gasteiger partial charge >= 0.3 is 6.03 Å². The van der Waals surface area contributed by atoms with E-state index in [1.165, 1.54) is 0 Å². The minimum atomic E-state index is -0.535. The average Bonchev–Trinajstić information content (AvgIpc) is 2.94. The highest BCUT2D eigenvalue weighted by molar-refractivity contribution is 5.89. The van der Waals surface area contributed by atoms with Gasteiger partial charge in [-0.2, -0.15) is 0 Å². The van der Waals surface area contributed by atoms with E-state index in [1.54, 1.807) is 24.3 Å². The highest BCUT2D eigenvalue weighted by Gasteiger charge is 2.26. The number of ether oxygens (including phenoxy) is 1. The summed E-state index contributed by atoms with van der Waals surface area (Å²) in [5.41, 5.74) is 0.635. The normalized spacial score (nSPS) is 20.9. The maximum Gasteiger partial charge on any atom is 0.319 e. The third-order valence-corrected chi connectivity index (χ3v) is 3.91. The molecule has 22 heavy (non-hydrogen) atoms. The summed E-state index contributed by atoms with van der Waals surface area (Å²) in [6.07, 6.45) is 3.07. The number of nitrogens with zero attached hydrogens (tertiary/aromatic N) is 1. The van der Waals surface area contributed by atoms with Gasteiger partial charge in [0.05, 0.1) is 0 Å². The second-order valence-electron chi connectivity index (χ2n) is 5.79. The number of hydrogen-bond acceptors (Lipinski definition) is 3. The van der Waals surface area contributed by atoms with Crippen molar-refractivity contribution in [3.8, 4) is 5.75 Å². The molecule has 2 rings (SSSR count). The molecule has 1 fully saturated rings. The van der Waals surface area contributed by atoms with Crippen molar-refractivity contribution >= 4 is 11.7 Å². The number of alkyl halides is 1. The van der Waals surface area contributed by atoms with Gasteiger partial charge in [0.15, 0.2) is 0 Å². The second kappa shape index (κ2) is 7.98. The molecule has 5 nitrogen and oxygen atoms in total. The van der Waals surface area contributed by atoms with E-state index in [2.05, 4.69) is 29.6 Å². The lowest BCUT2D eigenvalue weighted by Crippen LogP contribution is -2.37. The van der Waals surface area contributed by atoms with E-state index in [0.29, 0.717) is 17.5 Å². The van der Waals surface area contributed by atoms with Crippen LogP contribution in [0.2, 0.25) is 0 Å². The monoisotopic (exact) mass is 309 g/mol. The number of rotatable bonds is 6. The summed E-state index contributed by atoms with van der Waals surface area (Å²) in [5, 5.41) is 5.79. The minimum absolute atomic E-state index is 0.0175. The molecule has 1 aromatic carbocycles. The molecule has 2 N–H and O–H groups in total. The Morgan fingerprint density at radius 2 is 2.23 bits per heavy atom. The van der Waals surface area contributed by atoms with Gasteiger partial charge in [0.2, 0.25) is 0 Å². The predicted molar refractivity (Wildman–Crippen MR) is 85.2 cm³/mol. The van der Waals surface area contributed by atoms with Crippen LogP contribution in [0.4, 0.5) is 14.9 Å². The number of carbonyl (C=O) groups is 1. The molecule has 2 amide bonds. The van der Waals surface area contributed by atoms with Crippen molar-refractivity contribution in [1.82, 2.24) is 10.2 Å². The van der Waals surface area contributed by atoms with E-state index in [1.807, 2.05) is 0 Å². The first-order valence-electron chi connectivity index (χ1n) is 7.61. The number of nitrogens with one attached hydrogen (secondary N) is 2. The fourth-order valence-electron chi connectivity index (χ4n) is 2.73. The van der Waals surface area contributed by atoms with Crippen LogP contribution < -0.4 is 15.4 Å². The Kier molecular flexibility index (Phi) is 6.00. The molecule has 1 aliphatic carbocycles. The van der Waals surface area contributed by atoms with Crippen LogP contribution in [0.15, 0.2) is 24.3 Å². The summed E-state index contributed by atoms with van der Waals surface area (Å²) in [6.45, 7) is -0.517. The summed E-state index contributed by atoms with van der Waals surface area (Å²) < 4.78 is 17.3. The molecule has 0 heterocycles. The van der Waals surface area contributed by atoms with Crippen molar-refractivity contribution in [2.75, 3.05) is 32.7 Å². The van der Waals surface area contributed by atoms with Crippen LogP contribution in [-0.2, 0) is 0 Å². The molecule has 0 aliphatic heterocycles. The van der Waals surface area contributed by atoms with E-state index in [-0.39, 0.29) is 18.7 Å². The van der Waals surface area contributed by atoms with Crippen molar-refractivity contribution < 1.29 is 13.9 Å². The third-order valence-electron chi connectivity index (χ3n) is 3.91. The van der Waals surface area contributed by atoms with E-state index in [0.717, 1.165) is 19.3 Å². The fraction of sp³-hybridized carbons (Fsp3) is 0.562. The number of amides is 2. The van der Waals surface area contributed by atoms with Crippen LogP contribution in [0, 0.1) is 0 Å². The Hall–Kier alpha value is -1.82. The van der Waals surface area contributed by atoms with Gasteiger partial charge in [-0.05, 0) is 45.5 Å². The van der Waals surface area contributed by atoms with Gasteiger partial charge in [-0.1, -0.05) is 6.07 Å². The van der Waals surface area contributed by atoms with Gasteiger partial charge in [-0.15, -0.1) is 0 Å². The summed E-state index contributed by atoms with van der Waals surface area (Å²) >= 11 is 0. The number of hydrogen-bond donors (Lipinski definition) is 2. The van der Waals surface area contributed by atoms with E-state index in [4.69, 9.17) is 4.74 Å². The number of benzene rings is 1. The molecular weight excluding hydrogens is 285 g/mol. The lowest BCUT2D eigenvalue weighted by Gasteiger charge is -2.19. The zero-order valence-electron chi connectivity index (χ0n) is 13.1. The first-order chi connectivity index (χ1) is 10.6. The Labute approximate surface area is 130 Å². The largest absolute Gasteiger partial charge is 0.491 e. The van der Waals surface area contributed by atoms with E-state index >= 15 is 0 Å². The molecule has 0 aromatic heterocycles. The summed E-state index contributed by atoms with van der Waals surface area (Å²) in [5.74, 6) is 0.545. The average molecular weight is 309 g/mol. The predicted octanol–water partition coefficient (Wildman–Crippen LogP) is 2.64. The minimum Gasteiger partial charge on any atom is -0.491 e. The molecule has 0 bridgehead atoms. The highest BCUT2D eigenvalue weighted by atomic mass is 19.1. The number of carbonyl (C=O) groups excluding carboxylic acids is 1. The molecule has 2 atom stereocenters.